The topological polar surface area (TPSA) is 88.2 Å². The van der Waals surface area contributed by atoms with Crippen LogP contribution in [0.15, 0.2) is 18.2 Å². The van der Waals surface area contributed by atoms with Gasteiger partial charge in [-0.05, 0) is 38.1 Å². The number of benzene rings is 1. The molecule has 0 radical (unpaired) electrons. The fraction of sp³-hybridized carbons (Fsp3) is 0.650. The van der Waals surface area contributed by atoms with E-state index in [1.165, 1.54) is 23.1 Å². The monoisotopic (exact) mass is 481 g/mol. The van der Waals surface area contributed by atoms with Crippen LogP contribution in [0.1, 0.15) is 24.2 Å². The number of methoxy groups -OCH3 is 1. The van der Waals surface area contributed by atoms with Crippen LogP contribution in [0.2, 0.25) is 0 Å². The summed E-state index contributed by atoms with van der Waals surface area (Å²) in [5, 5.41) is 0. The number of nitrogens with one attached hydrogen (secondary N) is 1. The molecular formula is C20H30F3N3O5S. The average Bonchev–Trinajstić information content (AvgIpc) is 2.66. The van der Waals surface area contributed by atoms with Crippen molar-refractivity contribution >= 4 is 21.6 Å². The van der Waals surface area contributed by atoms with Crippen molar-refractivity contribution in [2.24, 2.45) is 5.92 Å². The highest BCUT2D eigenvalue weighted by Gasteiger charge is 2.35. The zero-order chi connectivity index (χ0) is 24.3. The summed E-state index contributed by atoms with van der Waals surface area (Å²) in [5.74, 6) is -2.18. The molecule has 1 amide bonds. The lowest BCUT2D eigenvalue weighted by Gasteiger charge is -2.34. The number of likely N-dealkylation sites (N-methyl/N-ethyl adjacent to an activating group) is 2. The number of hydrogen-bond acceptors (Lipinski definition) is 6. The molecule has 1 aromatic carbocycles. The second-order valence-electron chi connectivity index (χ2n) is 8.22. The first-order chi connectivity index (χ1) is 14.7. The van der Waals surface area contributed by atoms with Gasteiger partial charge in [-0.2, -0.15) is 13.2 Å². The van der Waals surface area contributed by atoms with Gasteiger partial charge in [-0.1, -0.05) is 6.92 Å². The molecule has 0 bridgehead atoms. The lowest BCUT2D eigenvalue weighted by molar-refractivity contribution is -0.106. The van der Waals surface area contributed by atoms with Gasteiger partial charge in [0.05, 0.1) is 11.7 Å². The first-order valence-electron chi connectivity index (χ1n) is 10.0. The predicted molar refractivity (Wildman–Crippen MR) is 114 cm³/mol. The maximum absolute atomic E-state index is 13.1. The Kier molecular flexibility index (Phi) is 8.40. The van der Waals surface area contributed by atoms with E-state index in [1.807, 2.05) is 25.6 Å². The first kappa shape index (κ1) is 26.2. The smallest absolute Gasteiger partial charge is 0.404 e. The number of ether oxygens (including phenoxy) is 2. The molecule has 0 spiro atoms. The minimum absolute atomic E-state index is 0.0000270. The van der Waals surface area contributed by atoms with E-state index in [0.717, 1.165) is 6.54 Å². The molecule has 182 valence electrons. The summed E-state index contributed by atoms with van der Waals surface area (Å²) in [4.78, 5) is 16.7. The van der Waals surface area contributed by atoms with Crippen LogP contribution in [0.4, 0.5) is 18.9 Å². The Morgan fingerprint density at radius 3 is 2.47 bits per heavy atom. The Labute approximate surface area is 186 Å². The van der Waals surface area contributed by atoms with Crippen molar-refractivity contribution in [2.45, 2.75) is 32.2 Å². The number of hydrogen-bond donors (Lipinski definition) is 1. The fourth-order valence-corrected chi connectivity index (χ4v) is 4.44. The van der Waals surface area contributed by atoms with Crippen molar-refractivity contribution in [1.29, 1.82) is 0 Å². The summed E-state index contributed by atoms with van der Waals surface area (Å²) in [5.41, 5.74) is -0.120. The molecule has 32 heavy (non-hydrogen) atoms. The molecule has 3 atom stereocenters. The van der Waals surface area contributed by atoms with Gasteiger partial charge in [-0.3, -0.25) is 14.4 Å². The second kappa shape index (κ2) is 10.3. The molecule has 0 saturated heterocycles. The molecule has 2 rings (SSSR count). The van der Waals surface area contributed by atoms with Crippen LogP contribution in [0.5, 0.6) is 5.75 Å². The minimum Gasteiger partial charge on any atom is -0.491 e. The van der Waals surface area contributed by atoms with Crippen LogP contribution >= 0.6 is 0 Å². The largest absolute Gasteiger partial charge is 0.491 e. The van der Waals surface area contributed by atoms with Crippen molar-refractivity contribution in [3.8, 4) is 5.75 Å². The highest BCUT2D eigenvalue weighted by molar-refractivity contribution is 7.92. The van der Waals surface area contributed by atoms with Gasteiger partial charge in [-0.15, -0.1) is 0 Å². The maximum Gasteiger partial charge on any atom is 0.404 e. The van der Waals surface area contributed by atoms with E-state index in [1.54, 1.807) is 14.2 Å². The molecule has 1 aliphatic rings. The van der Waals surface area contributed by atoms with E-state index in [2.05, 4.69) is 4.90 Å². The van der Waals surface area contributed by atoms with E-state index < -0.39 is 27.9 Å². The van der Waals surface area contributed by atoms with Crippen molar-refractivity contribution in [3.05, 3.63) is 23.8 Å². The van der Waals surface area contributed by atoms with Gasteiger partial charge in [0, 0.05) is 39.0 Å². The zero-order valence-corrected chi connectivity index (χ0v) is 19.6. The Bertz CT molecular complexity index is 910. The minimum atomic E-state index is -4.89. The van der Waals surface area contributed by atoms with Gasteiger partial charge in [0.25, 0.3) is 5.91 Å². The summed E-state index contributed by atoms with van der Waals surface area (Å²) in [7, 11) is 0.404. The quantitative estimate of drug-likeness (QED) is 0.711. The van der Waals surface area contributed by atoms with Crippen molar-refractivity contribution in [2.75, 3.05) is 51.4 Å². The Balaban J connectivity index is 2.41. The van der Waals surface area contributed by atoms with E-state index in [0.29, 0.717) is 0 Å². The van der Waals surface area contributed by atoms with Gasteiger partial charge >= 0.3 is 6.18 Å². The summed E-state index contributed by atoms with van der Waals surface area (Å²) in [6.07, 6.45) is -5.15. The molecule has 1 aromatic rings. The Hall–Kier alpha value is -2.05. The van der Waals surface area contributed by atoms with Crippen molar-refractivity contribution in [1.82, 2.24) is 9.80 Å². The average molecular weight is 482 g/mol. The van der Waals surface area contributed by atoms with E-state index in [4.69, 9.17) is 9.47 Å². The molecule has 0 aromatic heterocycles. The van der Waals surface area contributed by atoms with E-state index >= 15 is 0 Å². The van der Waals surface area contributed by atoms with Crippen LogP contribution in [0, 0.1) is 5.92 Å². The number of nitrogens with zero attached hydrogens (tertiary/aromatic N) is 2. The number of amides is 1. The first-order valence-corrected chi connectivity index (χ1v) is 11.7. The van der Waals surface area contributed by atoms with Crippen molar-refractivity contribution < 1.29 is 35.9 Å². The number of alkyl halides is 3. The molecule has 0 fully saturated rings. The number of fused-ring (bicyclic) bond motifs is 1. The summed E-state index contributed by atoms with van der Waals surface area (Å²) in [6, 6.07) is 3.83. The molecular weight excluding hydrogens is 451 g/mol. The number of halogens is 3. The number of rotatable bonds is 4. The van der Waals surface area contributed by atoms with E-state index in [9.17, 15) is 26.4 Å². The molecule has 0 saturated carbocycles. The zero-order valence-electron chi connectivity index (χ0n) is 18.8. The van der Waals surface area contributed by atoms with Gasteiger partial charge in [0.1, 0.15) is 12.4 Å². The van der Waals surface area contributed by atoms with Gasteiger partial charge in [-0.25, -0.2) is 8.42 Å². The number of carbonyl (C=O) groups excluding carboxylic acids is 1. The van der Waals surface area contributed by atoms with Crippen LogP contribution in [0.3, 0.4) is 0 Å². The van der Waals surface area contributed by atoms with Crippen LogP contribution in [0.25, 0.3) is 0 Å². The lowest BCUT2D eigenvalue weighted by atomic mass is 10.0. The van der Waals surface area contributed by atoms with Gasteiger partial charge in [0.15, 0.2) is 5.75 Å². The number of sulfonamides is 1. The molecule has 0 aliphatic carbocycles. The standard InChI is InChI=1S/C20H30F3N3O5S/c1-13-9-25(3)14(2)11-31-17-7-6-15(24-32(28,29)12-20(21,22)23)8-16(17)19(27)26(4)10-18(13)30-5/h6-8,13-14,18,24H,9-12H2,1-5H3/t13-,14+,18-/m0/s1. The third-order valence-corrected chi connectivity index (χ3v) is 6.64. The highest BCUT2D eigenvalue weighted by atomic mass is 32.2. The molecule has 12 heteroatoms. The molecule has 8 nitrogen and oxygen atoms in total. The third kappa shape index (κ3) is 7.24. The molecule has 0 unspecified atom stereocenters. The van der Waals surface area contributed by atoms with Gasteiger partial charge in [0.2, 0.25) is 10.0 Å². The lowest BCUT2D eigenvalue weighted by Crippen LogP contribution is -2.45. The number of carbonyl (C=O) groups is 1. The normalized spacial score (nSPS) is 24.2. The molecule has 1 aliphatic heterocycles. The fourth-order valence-electron chi connectivity index (χ4n) is 3.45. The summed E-state index contributed by atoms with van der Waals surface area (Å²) >= 11 is 0. The number of anilines is 1. The highest BCUT2D eigenvalue weighted by Crippen LogP contribution is 2.27. The molecule has 1 N–H and O–H groups in total. The Morgan fingerprint density at radius 2 is 1.88 bits per heavy atom. The van der Waals surface area contributed by atoms with E-state index in [-0.39, 0.29) is 48.2 Å². The van der Waals surface area contributed by atoms with Gasteiger partial charge < -0.3 is 14.4 Å². The van der Waals surface area contributed by atoms with Crippen LogP contribution in [-0.4, -0.2) is 89.1 Å². The third-order valence-electron chi connectivity index (χ3n) is 5.38. The SMILES string of the molecule is CO[C@H]1CN(C)C(=O)c2cc(NS(=O)(=O)CC(F)(F)F)ccc2OC[C@@H](C)N(C)C[C@@H]1C. The summed E-state index contributed by atoms with van der Waals surface area (Å²) < 4.78 is 74.7. The Morgan fingerprint density at radius 1 is 1.22 bits per heavy atom. The maximum atomic E-state index is 13.1. The second-order valence-corrected chi connectivity index (χ2v) is 9.95. The molecule has 1 heterocycles. The van der Waals surface area contributed by atoms with Crippen LogP contribution < -0.4 is 9.46 Å². The summed E-state index contributed by atoms with van der Waals surface area (Å²) in [6.45, 7) is 5.22. The predicted octanol–water partition coefficient (Wildman–Crippen LogP) is 2.43. The van der Waals surface area contributed by atoms with Crippen LogP contribution in [-0.2, 0) is 14.8 Å². The van der Waals surface area contributed by atoms with Crippen molar-refractivity contribution in [3.63, 3.8) is 0 Å².